The number of amides is 1. The van der Waals surface area contributed by atoms with Gasteiger partial charge < -0.3 is 5.32 Å². The van der Waals surface area contributed by atoms with E-state index >= 15 is 0 Å². The molecule has 5 nitrogen and oxygen atoms in total. The van der Waals surface area contributed by atoms with Gasteiger partial charge in [0.1, 0.15) is 6.33 Å². The zero-order valence-corrected chi connectivity index (χ0v) is 9.85. The van der Waals surface area contributed by atoms with Crippen LogP contribution in [0.5, 0.6) is 0 Å². The van der Waals surface area contributed by atoms with Crippen molar-refractivity contribution in [3.05, 3.63) is 53.1 Å². The Balaban J connectivity index is 2.25. The van der Waals surface area contributed by atoms with Crippen molar-refractivity contribution in [3.63, 3.8) is 0 Å². The Hall–Kier alpha value is -2.45. The van der Waals surface area contributed by atoms with Gasteiger partial charge in [-0.1, -0.05) is 11.6 Å². The van der Waals surface area contributed by atoms with Crippen molar-refractivity contribution in [1.29, 1.82) is 5.26 Å². The summed E-state index contributed by atoms with van der Waals surface area (Å²) < 4.78 is 0. The Morgan fingerprint density at radius 3 is 2.72 bits per heavy atom. The van der Waals surface area contributed by atoms with Crippen molar-refractivity contribution in [1.82, 2.24) is 9.97 Å². The number of hydrogen-bond acceptors (Lipinski definition) is 4. The molecule has 2 aromatic rings. The number of aromatic nitrogens is 2. The van der Waals surface area contributed by atoms with Gasteiger partial charge in [0, 0.05) is 12.4 Å². The molecule has 0 atom stereocenters. The predicted molar refractivity (Wildman–Crippen MR) is 66.2 cm³/mol. The lowest BCUT2D eigenvalue weighted by Crippen LogP contribution is -2.12. The summed E-state index contributed by atoms with van der Waals surface area (Å²) in [5.74, 6) is -0.382. The number of carbonyl (C=O) groups is 1. The Labute approximate surface area is 108 Å². The summed E-state index contributed by atoms with van der Waals surface area (Å²) in [7, 11) is 0. The number of benzene rings is 1. The largest absolute Gasteiger partial charge is 0.320 e. The van der Waals surface area contributed by atoms with Crippen LogP contribution < -0.4 is 5.32 Å². The average Bonchev–Trinajstić information content (AvgIpc) is 2.42. The van der Waals surface area contributed by atoms with Gasteiger partial charge in [0.2, 0.25) is 0 Å². The Bertz CT molecular complexity index is 622. The van der Waals surface area contributed by atoms with Crippen molar-refractivity contribution in [2.45, 2.75) is 0 Å². The quantitative estimate of drug-likeness (QED) is 0.896. The molecule has 1 amide bonds. The molecule has 2 rings (SSSR count). The zero-order chi connectivity index (χ0) is 13.0. The molecule has 0 saturated carbocycles. The third kappa shape index (κ3) is 2.62. The predicted octanol–water partition coefficient (Wildman–Crippen LogP) is 2.25. The van der Waals surface area contributed by atoms with E-state index in [1.165, 1.54) is 24.8 Å². The Kier molecular flexibility index (Phi) is 3.51. The standard InChI is InChI=1S/C12H7ClN4O/c13-10-2-1-8(4-14)3-11(10)17-12(18)9-5-15-7-16-6-9/h1-3,5-7H,(H,17,18). The van der Waals surface area contributed by atoms with Crippen LogP contribution in [-0.2, 0) is 0 Å². The molecular weight excluding hydrogens is 252 g/mol. The van der Waals surface area contributed by atoms with Crippen molar-refractivity contribution >= 4 is 23.2 Å². The van der Waals surface area contributed by atoms with E-state index in [1.54, 1.807) is 12.1 Å². The maximum Gasteiger partial charge on any atom is 0.258 e. The molecule has 0 spiro atoms. The van der Waals surface area contributed by atoms with Crippen LogP contribution >= 0.6 is 11.6 Å². The molecule has 0 aliphatic carbocycles. The highest BCUT2D eigenvalue weighted by atomic mass is 35.5. The first-order valence-corrected chi connectivity index (χ1v) is 5.34. The lowest BCUT2D eigenvalue weighted by Gasteiger charge is -2.06. The first kappa shape index (κ1) is 12.0. The van der Waals surface area contributed by atoms with Gasteiger partial charge in [-0.15, -0.1) is 0 Å². The van der Waals surface area contributed by atoms with Crippen molar-refractivity contribution in [2.75, 3.05) is 5.32 Å². The number of halogens is 1. The van der Waals surface area contributed by atoms with Crippen molar-refractivity contribution in [3.8, 4) is 6.07 Å². The number of anilines is 1. The van der Waals surface area contributed by atoms with Crippen LogP contribution in [-0.4, -0.2) is 15.9 Å². The second-order valence-corrected chi connectivity index (χ2v) is 3.79. The Morgan fingerprint density at radius 1 is 1.33 bits per heavy atom. The first-order valence-electron chi connectivity index (χ1n) is 4.96. The molecule has 88 valence electrons. The minimum Gasteiger partial charge on any atom is -0.320 e. The van der Waals surface area contributed by atoms with Crippen LogP contribution in [0.4, 0.5) is 5.69 Å². The van der Waals surface area contributed by atoms with Gasteiger partial charge in [0.05, 0.1) is 27.9 Å². The minimum absolute atomic E-state index is 0.316. The van der Waals surface area contributed by atoms with Crippen molar-refractivity contribution in [2.24, 2.45) is 0 Å². The van der Waals surface area contributed by atoms with E-state index in [9.17, 15) is 4.79 Å². The number of nitrogens with one attached hydrogen (secondary N) is 1. The summed E-state index contributed by atoms with van der Waals surface area (Å²) in [6.45, 7) is 0. The third-order valence-electron chi connectivity index (χ3n) is 2.17. The normalized spacial score (nSPS) is 9.56. The first-order chi connectivity index (χ1) is 8.70. The smallest absolute Gasteiger partial charge is 0.258 e. The summed E-state index contributed by atoms with van der Waals surface area (Å²) in [6.07, 6.45) is 4.12. The fourth-order valence-electron chi connectivity index (χ4n) is 1.30. The van der Waals surface area contributed by atoms with Crippen LogP contribution in [0.25, 0.3) is 0 Å². The van der Waals surface area contributed by atoms with Crippen LogP contribution in [0.2, 0.25) is 5.02 Å². The van der Waals surface area contributed by atoms with Gasteiger partial charge in [-0.2, -0.15) is 5.26 Å². The van der Waals surface area contributed by atoms with Gasteiger partial charge in [0.15, 0.2) is 0 Å². The second kappa shape index (κ2) is 5.25. The zero-order valence-electron chi connectivity index (χ0n) is 9.09. The summed E-state index contributed by atoms with van der Waals surface area (Å²) in [4.78, 5) is 19.3. The number of carbonyl (C=O) groups excluding carboxylic acids is 1. The number of nitriles is 1. The van der Waals surface area contributed by atoms with E-state index < -0.39 is 0 Å². The number of rotatable bonds is 2. The molecule has 0 fully saturated rings. The van der Waals surface area contributed by atoms with E-state index in [0.717, 1.165) is 0 Å². The molecule has 0 aliphatic heterocycles. The summed E-state index contributed by atoms with van der Waals surface area (Å²) in [5.41, 5.74) is 1.11. The highest BCUT2D eigenvalue weighted by molar-refractivity contribution is 6.34. The second-order valence-electron chi connectivity index (χ2n) is 3.39. The third-order valence-corrected chi connectivity index (χ3v) is 2.50. The van der Waals surface area contributed by atoms with E-state index in [0.29, 0.717) is 21.8 Å². The molecule has 1 N–H and O–H groups in total. The maximum absolute atomic E-state index is 11.8. The molecule has 0 radical (unpaired) electrons. The maximum atomic E-state index is 11.8. The topological polar surface area (TPSA) is 78.7 Å². The highest BCUT2D eigenvalue weighted by Crippen LogP contribution is 2.23. The lowest BCUT2D eigenvalue weighted by atomic mass is 10.2. The van der Waals surface area contributed by atoms with Gasteiger partial charge in [-0.3, -0.25) is 4.79 Å². The molecule has 18 heavy (non-hydrogen) atoms. The highest BCUT2D eigenvalue weighted by Gasteiger charge is 2.09. The van der Waals surface area contributed by atoms with Gasteiger partial charge in [0.25, 0.3) is 5.91 Å². The van der Waals surface area contributed by atoms with Crippen LogP contribution in [0.15, 0.2) is 36.9 Å². The lowest BCUT2D eigenvalue weighted by molar-refractivity contribution is 0.102. The number of nitrogens with zero attached hydrogens (tertiary/aromatic N) is 3. The molecule has 1 aromatic heterocycles. The average molecular weight is 259 g/mol. The molecule has 0 bridgehead atoms. The summed E-state index contributed by atoms with van der Waals surface area (Å²) >= 11 is 5.93. The molecule has 0 saturated heterocycles. The fourth-order valence-corrected chi connectivity index (χ4v) is 1.47. The van der Waals surface area contributed by atoms with E-state index in [2.05, 4.69) is 15.3 Å². The fraction of sp³-hybridized carbons (Fsp3) is 0. The number of hydrogen-bond donors (Lipinski definition) is 1. The monoisotopic (exact) mass is 258 g/mol. The molecule has 0 unspecified atom stereocenters. The van der Waals surface area contributed by atoms with E-state index in [1.807, 2.05) is 6.07 Å². The molecule has 1 heterocycles. The Morgan fingerprint density at radius 2 is 2.06 bits per heavy atom. The van der Waals surface area contributed by atoms with Gasteiger partial charge in [-0.05, 0) is 18.2 Å². The van der Waals surface area contributed by atoms with Crippen LogP contribution in [0.1, 0.15) is 15.9 Å². The molecular formula is C12H7ClN4O. The summed E-state index contributed by atoms with van der Waals surface area (Å²) in [5, 5.41) is 11.7. The van der Waals surface area contributed by atoms with Gasteiger partial charge in [-0.25, -0.2) is 9.97 Å². The van der Waals surface area contributed by atoms with Crippen LogP contribution in [0, 0.1) is 11.3 Å². The van der Waals surface area contributed by atoms with Crippen molar-refractivity contribution < 1.29 is 4.79 Å². The molecule has 6 heteroatoms. The SMILES string of the molecule is N#Cc1ccc(Cl)c(NC(=O)c2cncnc2)c1. The molecule has 1 aromatic carbocycles. The van der Waals surface area contributed by atoms with Gasteiger partial charge >= 0.3 is 0 Å². The van der Waals surface area contributed by atoms with E-state index in [-0.39, 0.29) is 5.91 Å². The molecule has 0 aliphatic rings. The van der Waals surface area contributed by atoms with E-state index in [4.69, 9.17) is 16.9 Å². The minimum atomic E-state index is -0.382. The summed E-state index contributed by atoms with van der Waals surface area (Å²) in [6, 6.07) is 6.60. The van der Waals surface area contributed by atoms with Crippen LogP contribution in [0.3, 0.4) is 0 Å².